The summed E-state index contributed by atoms with van der Waals surface area (Å²) in [6, 6.07) is 14.2. The maximum atomic E-state index is 12.1. The first-order valence-electron chi connectivity index (χ1n) is 9.15. The number of amides is 2. The summed E-state index contributed by atoms with van der Waals surface area (Å²) in [6.45, 7) is 0.545. The summed E-state index contributed by atoms with van der Waals surface area (Å²) in [5.74, 6) is -0.522. The van der Waals surface area contributed by atoms with Gasteiger partial charge in [-0.05, 0) is 42.7 Å². The topological polar surface area (TPSA) is 95.9 Å². The zero-order chi connectivity index (χ0) is 19.9. The van der Waals surface area contributed by atoms with Crippen molar-refractivity contribution in [3.63, 3.8) is 0 Å². The van der Waals surface area contributed by atoms with Crippen LogP contribution in [0.15, 0.2) is 48.5 Å². The van der Waals surface area contributed by atoms with Crippen molar-refractivity contribution in [2.24, 2.45) is 0 Å². The number of carboxylic acids is 1. The fourth-order valence-electron chi connectivity index (χ4n) is 3.01. The maximum Gasteiger partial charge on any atom is 0.303 e. The van der Waals surface area contributed by atoms with Gasteiger partial charge in [-0.3, -0.25) is 14.4 Å². The summed E-state index contributed by atoms with van der Waals surface area (Å²) in [5.41, 5.74) is 2.28. The molecule has 0 saturated carbocycles. The molecule has 0 bridgehead atoms. The predicted octanol–water partition coefficient (Wildman–Crippen LogP) is 2.85. The highest BCUT2D eigenvalue weighted by molar-refractivity contribution is 5.95. The number of benzene rings is 2. The summed E-state index contributed by atoms with van der Waals surface area (Å²) in [6.07, 6.45) is 1.92. The second-order valence-electron chi connectivity index (χ2n) is 6.57. The van der Waals surface area contributed by atoms with Gasteiger partial charge < -0.3 is 20.1 Å². The summed E-state index contributed by atoms with van der Waals surface area (Å²) < 4.78 is 5.55. The minimum absolute atomic E-state index is 0.0711. The van der Waals surface area contributed by atoms with Crippen molar-refractivity contribution in [1.29, 1.82) is 0 Å². The Bertz CT molecular complexity index is 863. The Balaban J connectivity index is 1.50. The number of nitrogens with zero attached hydrogens (tertiary/aromatic N) is 1. The standard InChI is InChI=1S/C21H22N2O5/c24-19(22-16-9-6-15(7-10-16)8-11-21(26)27)14-28-18-4-1-3-17(13-18)23-12-2-5-20(23)25/h1,3-4,6-7,9-10,13H,2,5,8,11-12,14H2,(H,22,24)(H,26,27). The fourth-order valence-corrected chi connectivity index (χ4v) is 3.01. The van der Waals surface area contributed by atoms with Crippen LogP contribution in [0.4, 0.5) is 11.4 Å². The molecule has 1 heterocycles. The molecule has 1 aliphatic heterocycles. The molecular formula is C21H22N2O5. The molecule has 28 heavy (non-hydrogen) atoms. The van der Waals surface area contributed by atoms with Crippen LogP contribution in [-0.2, 0) is 20.8 Å². The third-order valence-corrected chi connectivity index (χ3v) is 4.44. The first kappa shape index (κ1) is 19.4. The Labute approximate surface area is 162 Å². The summed E-state index contributed by atoms with van der Waals surface area (Å²) in [5, 5.41) is 11.4. The van der Waals surface area contributed by atoms with Crippen molar-refractivity contribution < 1.29 is 24.2 Å². The lowest BCUT2D eigenvalue weighted by atomic mass is 10.1. The van der Waals surface area contributed by atoms with E-state index in [-0.39, 0.29) is 24.8 Å². The van der Waals surface area contributed by atoms with E-state index in [4.69, 9.17) is 9.84 Å². The van der Waals surface area contributed by atoms with Crippen molar-refractivity contribution in [3.8, 4) is 5.75 Å². The van der Waals surface area contributed by atoms with Gasteiger partial charge in [0, 0.05) is 36.8 Å². The first-order chi connectivity index (χ1) is 13.5. The third kappa shape index (κ3) is 5.33. The molecule has 3 rings (SSSR count). The van der Waals surface area contributed by atoms with Crippen LogP contribution in [0.5, 0.6) is 5.75 Å². The molecule has 0 spiro atoms. The number of carboxylic acid groups (broad SMARTS) is 1. The molecule has 7 nitrogen and oxygen atoms in total. The first-order valence-corrected chi connectivity index (χ1v) is 9.15. The maximum absolute atomic E-state index is 12.1. The average molecular weight is 382 g/mol. The molecular weight excluding hydrogens is 360 g/mol. The summed E-state index contributed by atoms with van der Waals surface area (Å²) in [7, 11) is 0. The zero-order valence-corrected chi connectivity index (χ0v) is 15.4. The highest BCUT2D eigenvalue weighted by atomic mass is 16.5. The Hall–Kier alpha value is -3.35. The molecule has 1 fully saturated rings. The normalized spacial score (nSPS) is 13.4. The van der Waals surface area contributed by atoms with E-state index in [9.17, 15) is 14.4 Å². The largest absolute Gasteiger partial charge is 0.484 e. The molecule has 1 saturated heterocycles. The molecule has 2 aromatic rings. The molecule has 0 aromatic heterocycles. The minimum Gasteiger partial charge on any atom is -0.484 e. The Morgan fingerprint density at radius 2 is 1.93 bits per heavy atom. The molecule has 2 aromatic carbocycles. The van der Waals surface area contributed by atoms with E-state index in [1.54, 1.807) is 47.4 Å². The number of carbonyl (C=O) groups is 3. The Kier molecular flexibility index (Phi) is 6.26. The monoisotopic (exact) mass is 382 g/mol. The molecule has 0 unspecified atom stereocenters. The number of aliphatic carboxylic acids is 1. The molecule has 0 aliphatic carbocycles. The van der Waals surface area contributed by atoms with Crippen LogP contribution >= 0.6 is 0 Å². The Morgan fingerprint density at radius 1 is 1.14 bits per heavy atom. The van der Waals surface area contributed by atoms with Gasteiger partial charge in [0.25, 0.3) is 5.91 Å². The fraction of sp³-hybridized carbons (Fsp3) is 0.286. The van der Waals surface area contributed by atoms with E-state index in [1.165, 1.54) is 0 Å². The van der Waals surface area contributed by atoms with Crippen LogP contribution in [0.25, 0.3) is 0 Å². The van der Waals surface area contributed by atoms with Gasteiger partial charge in [0.05, 0.1) is 0 Å². The van der Waals surface area contributed by atoms with Crippen molar-refractivity contribution in [3.05, 3.63) is 54.1 Å². The molecule has 2 N–H and O–H groups in total. The number of carbonyl (C=O) groups excluding carboxylic acids is 2. The average Bonchev–Trinajstić information content (AvgIpc) is 3.12. The van der Waals surface area contributed by atoms with Crippen LogP contribution in [-0.4, -0.2) is 36.0 Å². The van der Waals surface area contributed by atoms with Crippen LogP contribution < -0.4 is 15.0 Å². The number of hydrogen-bond acceptors (Lipinski definition) is 4. The van der Waals surface area contributed by atoms with Crippen LogP contribution in [0, 0.1) is 0 Å². The number of rotatable bonds is 8. The number of ether oxygens (including phenoxy) is 1. The molecule has 2 amide bonds. The number of aryl methyl sites for hydroxylation is 1. The van der Waals surface area contributed by atoms with Gasteiger partial charge in [-0.1, -0.05) is 18.2 Å². The molecule has 146 valence electrons. The molecule has 0 radical (unpaired) electrons. The summed E-state index contributed by atoms with van der Waals surface area (Å²) in [4.78, 5) is 36.3. The van der Waals surface area contributed by atoms with Crippen molar-refractivity contribution in [2.75, 3.05) is 23.4 Å². The van der Waals surface area contributed by atoms with Gasteiger partial charge in [0.2, 0.25) is 5.91 Å². The van der Waals surface area contributed by atoms with Gasteiger partial charge in [-0.15, -0.1) is 0 Å². The quantitative estimate of drug-likeness (QED) is 0.732. The lowest BCUT2D eigenvalue weighted by Gasteiger charge is -2.16. The van der Waals surface area contributed by atoms with Crippen LogP contribution in [0.1, 0.15) is 24.8 Å². The van der Waals surface area contributed by atoms with Crippen molar-refractivity contribution in [1.82, 2.24) is 0 Å². The van der Waals surface area contributed by atoms with Crippen molar-refractivity contribution in [2.45, 2.75) is 25.7 Å². The highest BCUT2D eigenvalue weighted by Gasteiger charge is 2.21. The van der Waals surface area contributed by atoms with E-state index >= 15 is 0 Å². The van der Waals surface area contributed by atoms with E-state index in [2.05, 4.69) is 5.32 Å². The molecule has 7 heteroatoms. The second-order valence-corrected chi connectivity index (χ2v) is 6.57. The predicted molar refractivity (Wildman–Crippen MR) is 105 cm³/mol. The zero-order valence-electron chi connectivity index (χ0n) is 15.4. The van der Waals surface area contributed by atoms with E-state index in [0.29, 0.717) is 30.8 Å². The molecule has 0 atom stereocenters. The second kappa shape index (κ2) is 9.03. The number of nitrogens with one attached hydrogen (secondary N) is 1. The van der Waals surface area contributed by atoms with E-state index < -0.39 is 5.97 Å². The van der Waals surface area contributed by atoms with Crippen molar-refractivity contribution >= 4 is 29.2 Å². The smallest absolute Gasteiger partial charge is 0.303 e. The van der Waals surface area contributed by atoms with E-state index in [0.717, 1.165) is 17.7 Å². The summed E-state index contributed by atoms with van der Waals surface area (Å²) >= 11 is 0. The van der Waals surface area contributed by atoms with E-state index in [1.807, 2.05) is 6.07 Å². The molecule has 1 aliphatic rings. The SMILES string of the molecule is O=C(O)CCc1ccc(NC(=O)COc2cccc(N3CCCC3=O)c2)cc1. The minimum atomic E-state index is -0.840. The third-order valence-electron chi connectivity index (χ3n) is 4.44. The number of anilines is 2. The lowest BCUT2D eigenvalue weighted by molar-refractivity contribution is -0.137. The number of hydrogen-bond donors (Lipinski definition) is 2. The van der Waals surface area contributed by atoms with Gasteiger partial charge in [0.1, 0.15) is 5.75 Å². The van der Waals surface area contributed by atoms with Crippen LogP contribution in [0.2, 0.25) is 0 Å². The Morgan fingerprint density at radius 3 is 2.61 bits per heavy atom. The van der Waals surface area contributed by atoms with Gasteiger partial charge >= 0.3 is 5.97 Å². The van der Waals surface area contributed by atoms with Gasteiger partial charge in [0.15, 0.2) is 6.61 Å². The van der Waals surface area contributed by atoms with Gasteiger partial charge in [-0.2, -0.15) is 0 Å². The highest BCUT2D eigenvalue weighted by Crippen LogP contribution is 2.25. The lowest BCUT2D eigenvalue weighted by Crippen LogP contribution is -2.24. The van der Waals surface area contributed by atoms with Gasteiger partial charge in [-0.25, -0.2) is 0 Å². The van der Waals surface area contributed by atoms with Crippen LogP contribution in [0.3, 0.4) is 0 Å².